The van der Waals surface area contributed by atoms with Crippen LogP contribution in [0.3, 0.4) is 0 Å². The van der Waals surface area contributed by atoms with Gasteiger partial charge in [0.2, 0.25) is 0 Å². The van der Waals surface area contributed by atoms with Crippen molar-refractivity contribution in [3.63, 3.8) is 0 Å². The van der Waals surface area contributed by atoms with Crippen LogP contribution >= 0.6 is 11.6 Å². The van der Waals surface area contributed by atoms with Gasteiger partial charge in [-0.15, -0.1) is 11.6 Å². The van der Waals surface area contributed by atoms with E-state index in [-0.39, 0.29) is 5.43 Å². The lowest BCUT2D eigenvalue weighted by molar-refractivity contribution is 0.619. The Morgan fingerprint density at radius 1 is 1.14 bits per heavy atom. The zero-order valence-electron chi connectivity index (χ0n) is 11.8. The average Bonchev–Trinajstić information content (AvgIpc) is 2.53. The number of para-hydroxylation sites is 1. The van der Waals surface area contributed by atoms with E-state index in [0.29, 0.717) is 34.8 Å². The highest BCUT2D eigenvalue weighted by molar-refractivity contribution is 6.18. The first kappa shape index (κ1) is 14.5. The van der Waals surface area contributed by atoms with Gasteiger partial charge < -0.3 is 15.5 Å². The molecule has 1 heterocycles. The summed E-state index contributed by atoms with van der Waals surface area (Å²) < 4.78 is 5.88. The third-order valence-electron chi connectivity index (χ3n) is 3.39. The number of rotatable bonds is 4. The summed E-state index contributed by atoms with van der Waals surface area (Å²) in [6.45, 7) is 0.628. The Morgan fingerprint density at radius 2 is 1.95 bits per heavy atom. The van der Waals surface area contributed by atoms with Crippen LogP contribution in [0.25, 0.3) is 22.3 Å². The van der Waals surface area contributed by atoms with Crippen molar-refractivity contribution in [2.75, 3.05) is 23.5 Å². The third kappa shape index (κ3) is 2.65. The van der Waals surface area contributed by atoms with Gasteiger partial charge in [0.05, 0.1) is 5.39 Å². The van der Waals surface area contributed by atoms with Gasteiger partial charge in [0.15, 0.2) is 5.43 Å². The fraction of sp³-hybridized carbons (Fsp3) is 0.118. The van der Waals surface area contributed by atoms with Gasteiger partial charge in [-0.2, -0.15) is 0 Å². The maximum atomic E-state index is 12.3. The number of nitrogens with one attached hydrogen (secondary N) is 1. The predicted molar refractivity (Wildman–Crippen MR) is 91.5 cm³/mol. The normalized spacial score (nSPS) is 10.8. The summed E-state index contributed by atoms with van der Waals surface area (Å²) in [5.74, 6) is 0.993. The molecular weight excluding hydrogens is 300 g/mol. The van der Waals surface area contributed by atoms with Crippen LogP contribution in [0.5, 0.6) is 0 Å². The minimum atomic E-state index is -0.151. The maximum absolute atomic E-state index is 12.3. The summed E-state index contributed by atoms with van der Waals surface area (Å²) >= 11 is 5.72. The molecular formula is C17H15ClN2O2. The molecule has 4 nitrogen and oxygen atoms in total. The first-order chi connectivity index (χ1) is 10.7. The van der Waals surface area contributed by atoms with Gasteiger partial charge >= 0.3 is 0 Å². The zero-order valence-corrected chi connectivity index (χ0v) is 12.6. The Morgan fingerprint density at radius 3 is 2.77 bits per heavy atom. The number of anilines is 2. The SMILES string of the molecule is Nc1cccc2oc(-c3ccccc3NCCCl)cc(=O)c12. The van der Waals surface area contributed by atoms with Crippen LogP contribution in [0, 0.1) is 0 Å². The van der Waals surface area contributed by atoms with Gasteiger partial charge in [0, 0.05) is 35.4 Å². The molecule has 5 heteroatoms. The number of nitrogen functional groups attached to an aromatic ring is 1. The zero-order chi connectivity index (χ0) is 15.5. The Kier molecular flexibility index (Phi) is 4.02. The first-order valence-electron chi connectivity index (χ1n) is 6.92. The number of benzene rings is 2. The third-order valence-corrected chi connectivity index (χ3v) is 3.58. The van der Waals surface area contributed by atoms with Crippen molar-refractivity contribution < 1.29 is 4.42 Å². The molecule has 0 spiro atoms. The van der Waals surface area contributed by atoms with Crippen molar-refractivity contribution in [3.05, 3.63) is 58.8 Å². The van der Waals surface area contributed by atoms with E-state index in [1.165, 1.54) is 6.07 Å². The van der Waals surface area contributed by atoms with Crippen LogP contribution in [0.2, 0.25) is 0 Å². The summed E-state index contributed by atoms with van der Waals surface area (Å²) in [6, 6.07) is 14.3. The van der Waals surface area contributed by atoms with E-state index in [0.717, 1.165) is 11.3 Å². The number of hydrogen-bond acceptors (Lipinski definition) is 4. The van der Waals surface area contributed by atoms with Gasteiger partial charge in [0.25, 0.3) is 0 Å². The second-order valence-corrected chi connectivity index (χ2v) is 5.23. The second-order valence-electron chi connectivity index (χ2n) is 4.86. The summed E-state index contributed by atoms with van der Waals surface area (Å²) in [7, 11) is 0. The molecule has 0 atom stereocenters. The maximum Gasteiger partial charge on any atom is 0.195 e. The number of nitrogens with two attached hydrogens (primary N) is 1. The molecule has 3 aromatic rings. The Balaban J connectivity index is 2.17. The molecule has 0 saturated heterocycles. The average molecular weight is 315 g/mol. The number of alkyl halides is 1. The molecule has 0 aliphatic carbocycles. The van der Waals surface area contributed by atoms with Gasteiger partial charge in [-0.3, -0.25) is 4.79 Å². The number of fused-ring (bicyclic) bond motifs is 1. The van der Waals surface area contributed by atoms with E-state index in [1.54, 1.807) is 18.2 Å². The van der Waals surface area contributed by atoms with Crippen LogP contribution in [-0.4, -0.2) is 12.4 Å². The van der Waals surface area contributed by atoms with E-state index in [9.17, 15) is 4.79 Å². The lowest BCUT2D eigenvalue weighted by Crippen LogP contribution is -2.06. The fourth-order valence-electron chi connectivity index (χ4n) is 2.40. The van der Waals surface area contributed by atoms with Crippen LogP contribution in [0.15, 0.2) is 57.7 Å². The highest BCUT2D eigenvalue weighted by Crippen LogP contribution is 2.29. The lowest BCUT2D eigenvalue weighted by Gasteiger charge is -2.11. The lowest BCUT2D eigenvalue weighted by atomic mass is 10.1. The van der Waals surface area contributed by atoms with Crippen molar-refractivity contribution >= 4 is 33.9 Å². The molecule has 22 heavy (non-hydrogen) atoms. The highest BCUT2D eigenvalue weighted by Gasteiger charge is 2.11. The van der Waals surface area contributed by atoms with Crippen molar-refractivity contribution in [2.45, 2.75) is 0 Å². The topological polar surface area (TPSA) is 68.3 Å². The molecule has 0 amide bonds. The fourth-order valence-corrected chi connectivity index (χ4v) is 2.50. The predicted octanol–water partition coefficient (Wildman–Crippen LogP) is 3.69. The molecule has 0 fully saturated rings. The van der Waals surface area contributed by atoms with Crippen molar-refractivity contribution in [1.82, 2.24) is 0 Å². The van der Waals surface area contributed by atoms with Crippen molar-refractivity contribution in [2.24, 2.45) is 0 Å². The smallest absolute Gasteiger partial charge is 0.195 e. The van der Waals surface area contributed by atoms with Crippen LogP contribution in [0.1, 0.15) is 0 Å². The van der Waals surface area contributed by atoms with Crippen LogP contribution in [0.4, 0.5) is 11.4 Å². The van der Waals surface area contributed by atoms with E-state index < -0.39 is 0 Å². The minimum absolute atomic E-state index is 0.151. The monoisotopic (exact) mass is 314 g/mol. The molecule has 112 valence electrons. The minimum Gasteiger partial charge on any atom is -0.456 e. The van der Waals surface area contributed by atoms with E-state index >= 15 is 0 Å². The van der Waals surface area contributed by atoms with E-state index in [2.05, 4.69) is 5.32 Å². The molecule has 0 bridgehead atoms. The first-order valence-corrected chi connectivity index (χ1v) is 7.46. The van der Waals surface area contributed by atoms with Gasteiger partial charge in [-0.05, 0) is 24.3 Å². The molecule has 3 rings (SSSR count). The number of hydrogen-bond donors (Lipinski definition) is 2. The Labute approximate surface area is 132 Å². The van der Waals surface area contributed by atoms with Crippen LogP contribution in [-0.2, 0) is 0 Å². The molecule has 1 aromatic heterocycles. The van der Waals surface area contributed by atoms with Crippen molar-refractivity contribution in [3.8, 4) is 11.3 Å². The van der Waals surface area contributed by atoms with Gasteiger partial charge in [0.1, 0.15) is 11.3 Å². The molecule has 0 aliphatic rings. The van der Waals surface area contributed by atoms with Gasteiger partial charge in [-0.25, -0.2) is 0 Å². The number of halogens is 1. The molecule has 0 saturated carbocycles. The standard InChI is InChI=1S/C17H15ClN2O2/c18-8-9-20-13-6-2-1-4-11(13)16-10-14(21)17-12(19)5-3-7-15(17)22-16/h1-7,10,20H,8-9,19H2. The van der Waals surface area contributed by atoms with Crippen molar-refractivity contribution in [1.29, 1.82) is 0 Å². The summed E-state index contributed by atoms with van der Waals surface area (Å²) in [4.78, 5) is 12.3. The quantitative estimate of drug-likeness (QED) is 0.569. The largest absolute Gasteiger partial charge is 0.456 e. The highest BCUT2D eigenvalue weighted by atomic mass is 35.5. The summed E-state index contributed by atoms with van der Waals surface area (Å²) in [5, 5.41) is 3.64. The Hall–Kier alpha value is -2.46. The summed E-state index contributed by atoms with van der Waals surface area (Å²) in [6.07, 6.45) is 0. The van der Waals surface area contributed by atoms with E-state index in [1.807, 2.05) is 24.3 Å². The molecule has 2 aromatic carbocycles. The Bertz CT molecular complexity index is 874. The van der Waals surface area contributed by atoms with Crippen LogP contribution < -0.4 is 16.5 Å². The van der Waals surface area contributed by atoms with Gasteiger partial charge in [-0.1, -0.05) is 18.2 Å². The molecule has 0 unspecified atom stereocenters. The molecule has 0 aliphatic heterocycles. The molecule has 0 radical (unpaired) electrons. The molecule has 3 N–H and O–H groups in total. The van der Waals surface area contributed by atoms with E-state index in [4.69, 9.17) is 21.8 Å². The second kappa shape index (κ2) is 6.12. The summed E-state index contributed by atoms with van der Waals surface area (Å²) in [5.41, 5.74) is 8.29.